The summed E-state index contributed by atoms with van der Waals surface area (Å²) in [6.45, 7) is 7.93. The van der Waals surface area contributed by atoms with Crippen LogP contribution in [0.2, 0.25) is 0 Å². The van der Waals surface area contributed by atoms with Crippen LogP contribution in [0, 0.1) is 6.08 Å². The van der Waals surface area contributed by atoms with Crippen LogP contribution in [0.5, 0.6) is 0 Å². The maximum absolute atomic E-state index is 14.0. The van der Waals surface area contributed by atoms with Crippen LogP contribution in [-0.2, 0) is 9.31 Å². The van der Waals surface area contributed by atoms with Crippen molar-refractivity contribution in [3.63, 3.8) is 0 Å². The number of nitrogens with zero attached hydrogens (tertiary/aromatic N) is 2. The summed E-state index contributed by atoms with van der Waals surface area (Å²) in [7, 11) is -0.586. The van der Waals surface area contributed by atoms with Crippen molar-refractivity contribution in [2.45, 2.75) is 70.6 Å². The lowest BCUT2D eigenvalue weighted by Crippen LogP contribution is -2.41. The molecule has 2 fully saturated rings. The SMILES string of the molecule is CC1(C)OB(c2cn(C3CCCC3)c(F)n2)OC1(C)C. The van der Waals surface area contributed by atoms with E-state index in [1.807, 2.05) is 27.7 Å². The summed E-state index contributed by atoms with van der Waals surface area (Å²) in [4.78, 5) is 4.01. The van der Waals surface area contributed by atoms with Gasteiger partial charge in [0.05, 0.1) is 16.8 Å². The zero-order valence-corrected chi connectivity index (χ0v) is 12.6. The Morgan fingerprint density at radius 1 is 1.20 bits per heavy atom. The quantitative estimate of drug-likeness (QED) is 0.781. The Morgan fingerprint density at radius 3 is 2.30 bits per heavy atom. The van der Waals surface area contributed by atoms with E-state index in [1.54, 1.807) is 10.8 Å². The summed E-state index contributed by atoms with van der Waals surface area (Å²) < 4.78 is 27.5. The van der Waals surface area contributed by atoms with Gasteiger partial charge in [-0.1, -0.05) is 12.8 Å². The molecule has 1 saturated carbocycles. The molecule has 0 radical (unpaired) electrons. The highest BCUT2D eigenvalue weighted by molar-refractivity contribution is 6.61. The van der Waals surface area contributed by atoms with Gasteiger partial charge in [0.1, 0.15) is 0 Å². The maximum atomic E-state index is 14.0. The zero-order chi connectivity index (χ0) is 14.5. The topological polar surface area (TPSA) is 36.3 Å². The molecule has 1 aliphatic carbocycles. The lowest BCUT2D eigenvalue weighted by molar-refractivity contribution is 0.00578. The average molecular weight is 280 g/mol. The van der Waals surface area contributed by atoms with Gasteiger partial charge in [0.15, 0.2) is 0 Å². The van der Waals surface area contributed by atoms with Gasteiger partial charge in [0.25, 0.3) is 6.08 Å². The Morgan fingerprint density at radius 2 is 1.75 bits per heavy atom. The van der Waals surface area contributed by atoms with Crippen LogP contribution in [0.1, 0.15) is 59.4 Å². The van der Waals surface area contributed by atoms with Crippen molar-refractivity contribution in [1.82, 2.24) is 9.55 Å². The second-order valence-electron chi connectivity index (χ2n) is 6.87. The van der Waals surface area contributed by atoms with Gasteiger partial charge in [-0.25, -0.2) is 4.98 Å². The normalized spacial score (nSPS) is 25.6. The summed E-state index contributed by atoms with van der Waals surface area (Å²) in [5.41, 5.74) is -0.315. The van der Waals surface area contributed by atoms with Crippen molar-refractivity contribution in [2.24, 2.45) is 0 Å². The second kappa shape index (κ2) is 4.56. The molecule has 2 heterocycles. The molecule has 0 bridgehead atoms. The van der Waals surface area contributed by atoms with Gasteiger partial charge in [-0.05, 0) is 40.5 Å². The van der Waals surface area contributed by atoms with Gasteiger partial charge in [-0.3, -0.25) is 0 Å². The van der Waals surface area contributed by atoms with E-state index in [0.717, 1.165) is 25.7 Å². The molecule has 1 saturated heterocycles. The Hall–Kier alpha value is -0.875. The number of imidazole rings is 1. The number of aromatic nitrogens is 2. The number of hydrogen-bond acceptors (Lipinski definition) is 3. The van der Waals surface area contributed by atoms with Crippen LogP contribution in [0.15, 0.2) is 6.20 Å². The standard InChI is InChI=1S/C14H22BFN2O2/c1-13(2)14(3,4)20-15(19-13)11-9-18(12(16)17-11)10-7-5-6-8-10/h9-10H,5-8H2,1-4H3. The lowest BCUT2D eigenvalue weighted by Gasteiger charge is -2.32. The summed E-state index contributed by atoms with van der Waals surface area (Å²) >= 11 is 0. The van der Waals surface area contributed by atoms with Gasteiger partial charge in [-0.15, -0.1) is 0 Å². The fraction of sp³-hybridized carbons (Fsp3) is 0.786. The molecule has 0 aromatic carbocycles. The molecule has 1 aromatic rings. The molecule has 20 heavy (non-hydrogen) atoms. The molecule has 2 aliphatic rings. The zero-order valence-electron chi connectivity index (χ0n) is 12.6. The van der Waals surface area contributed by atoms with Crippen molar-refractivity contribution in [1.29, 1.82) is 0 Å². The first-order chi connectivity index (χ1) is 9.30. The van der Waals surface area contributed by atoms with E-state index in [2.05, 4.69) is 4.98 Å². The third-order valence-electron chi connectivity index (χ3n) is 4.92. The molecular formula is C14H22BFN2O2. The minimum atomic E-state index is -0.586. The third kappa shape index (κ3) is 2.19. The van der Waals surface area contributed by atoms with Crippen molar-refractivity contribution in [3.05, 3.63) is 12.3 Å². The van der Waals surface area contributed by atoms with Crippen molar-refractivity contribution in [3.8, 4) is 0 Å². The summed E-state index contributed by atoms with van der Waals surface area (Å²) in [5, 5.41) is 0. The molecule has 110 valence electrons. The first-order valence-electron chi connectivity index (χ1n) is 7.40. The molecule has 1 aromatic heterocycles. The van der Waals surface area contributed by atoms with Gasteiger partial charge < -0.3 is 13.9 Å². The van der Waals surface area contributed by atoms with Crippen LogP contribution < -0.4 is 5.59 Å². The van der Waals surface area contributed by atoms with Crippen LogP contribution in [-0.4, -0.2) is 27.9 Å². The van der Waals surface area contributed by atoms with E-state index in [0.29, 0.717) is 5.59 Å². The number of rotatable bonds is 2. The summed E-state index contributed by atoms with van der Waals surface area (Å²) in [6.07, 6.45) is 5.70. The molecule has 6 heteroatoms. The van der Waals surface area contributed by atoms with Crippen LogP contribution in [0.25, 0.3) is 0 Å². The highest BCUT2D eigenvalue weighted by Crippen LogP contribution is 2.36. The van der Waals surface area contributed by atoms with Crippen molar-refractivity contribution < 1.29 is 13.7 Å². The van der Waals surface area contributed by atoms with E-state index in [4.69, 9.17) is 9.31 Å². The molecule has 4 nitrogen and oxygen atoms in total. The van der Waals surface area contributed by atoms with E-state index in [1.165, 1.54) is 0 Å². The minimum absolute atomic E-state index is 0.235. The largest absolute Gasteiger partial charge is 0.516 e. The Labute approximate surface area is 119 Å². The van der Waals surface area contributed by atoms with Gasteiger partial charge >= 0.3 is 7.12 Å². The van der Waals surface area contributed by atoms with Gasteiger partial charge in [-0.2, -0.15) is 4.39 Å². The summed E-state index contributed by atoms with van der Waals surface area (Å²) in [5.74, 6) is 0. The van der Waals surface area contributed by atoms with Crippen LogP contribution in [0.4, 0.5) is 4.39 Å². The smallest absolute Gasteiger partial charge is 0.398 e. The van der Waals surface area contributed by atoms with Gasteiger partial charge in [0, 0.05) is 12.2 Å². The van der Waals surface area contributed by atoms with Gasteiger partial charge in [0.2, 0.25) is 0 Å². The molecule has 0 atom stereocenters. The molecule has 0 amide bonds. The lowest BCUT2D eigenvalue weighted by atomic mass is 9.86. The van der Waals surface area contributed by atoms with E-state index >= 15 is 0 Å². The van der Waals surface area contributed by atoms with E-state index in [-0.39, 0.29) is 6.04 Å². The minimum Gasteiger partial charge on any atom is -0.398 e. The third-order valence-corrected chi connectivity index (χ3v) is 4.92. The molecular weight excluding hydrogens is 258 g/mol. The number of hydrogen-bond donors (Lipinski definition) is 0. The molecule has 1 aliphatic heterocycles. The fourth-order valence-corrected chi connectivity index (χ4v) is 2.90. The fourth-order valence-electron chi connectivity index (χ4n) is 2.90. The summed E-state index contributed by atoms with van der Waals surface area (Å²) in [6, 6.07) is 0.235. The second-order valence-corrected chi connectivity index (χ2v) is 6.87. The maximum Gasteiger partial charge on any atom is 0.516 e. The monoisotopic (exact) mass is 280 g/mol. The first-order valence-corrected chi connectivity index (χ1v) is 7.40. The molecule has 0 unspecified atom stereocenters. The Bertz CT molecular complexity index is 493. The van der Waals surface area contributed by atoms with Crippen molar-refractivity contribution >= 4 is 12.7 Å². The average Bonchev–Trinajstić information content (AvgIpc) is 2.98. The van der Waals surface area contributed by atoms with Crippen LogP contribution >= 0.6 is 0 Å². The predicted octanol–water partition coefficient (Wildman–Crippen LogP) is 2.44. The molecule has 3 rings (SSSR count). The highest BCUT2D eigenvalue weighted by atomic mass is 19.1. The number of halogens is 1. The predicted molar refractivity (Wildman–Crippen MR) is 75.4 cm³/mol. The van der Waals surface area contributed by atoms with E-state index < -0.39 is 24.4 Å². The van der Waals surface area contributed by atoms with E-state index in [9.17, 15) is 4.39 Å². The Balaban J connectivity index is 1.84. The molecule has 0 N–H and O–H groups in total. The highest BCUT2D eigenvalue weighted by Gasteiger charge is 2.52. The molecule has 0 spiro atoms. The Kier molecular flexibility index (Phi) is 3.21. The first kappa shape index (κ1) is 14.1. The van der Waals surface area contributed by atoms with Crippen molar-refractivity contribution in [2.75, 3.05) is 0 Å². The van der Waals surface area contributed by atoms with Crippen LogP contribution in [0.3, 0.4) is 0 Å².